The first kappa shape index (κ1) is 31.3. The first-order chi connectivity index (χ1) is 21.3. The minimum Gasteiger partial charge on any atom is -0.387 e. The number of H-pyrrole nitrogens is 1. The molecule has 6 heterocycles. The number of phosphoric acid groups is 1. The molecule has 2 aliphatic rings. The number of hydrogen-bond donors (Lipinski definition) is 7. The quantitative estimate of drug-likeness (QED) is 0.0862. The molecule has 0 aromatic carbocycles. The van der Waals surface area contributed by atoms with E-state index >= 15 is 0 Å². The van der Waals surface area contributed by atoms with Crippen molar-refractivity contribution in [3.8, 4) is 0 Å². The Balaban J connectivity index is 1.17. The molecule has 23 nitrogen and oxygen atoms in total. The Labute approximate surface area is 249 Å². The van der Waals surface area contributed by atoms with Gasteiger partial charge in [0.25, 0.3) is 5.56 Å². The summed E-state index contributed by atoms with van der Waals surface area (Å²) in [6.45, 7) is -1.55. The second kappa shape index (κ2) is 11.9. The van der Waals surface area contributed by atoms with E-state index in [9.17, 15) is 38.7 Å². The van der Waals surface area contributed by atoms with Crippen LogP contribution < -0.4 is 17.0 Å². The predicted molar refractivity (Wildman–Crippen MR) is 143 cm³/mol. The van der Waals surface area contributed by atoms with Crippen LogP contribution in [0.25, 0.3) is 22.3 Å². The number of aromatic amines is 1. The number of ether oxygens (including phenoxy) is 2. The molecule has 25 heteroatoms. The lowest BCUT2D eigenvalue weighted by molar-refractivity contribution is -0.0572. The summed E-state index contributed by atoms with van der Waals surface area (Å²) in [5.41, 5.74) is 10.8. The van der Waals surface area contributed by atoms with Crippen molar-refractivity contribution in [3.05, 3.63) is 29.3 Å². The Hall–Kier alpha value is -3.73. The normalized spacial score (nSPS) is 29.9. The molecule has 9 N–H and O–H groups in total. The van der Waals surface area contributed by atoms with Crippen LogP contribution in [0.4, 0.5) is 11.8 Å². The second-order valence-electron chi connectivity index (χ2n) is 9.81. The standard InChI is InChI=1S/C20H24N10O13P2/c21-14-8-15(24-3-23-14)29(4-25-8)19-12(33)13(7(42-19)1-39-44(35)36)43-45(37,38)40-2-6-10(31)11(32)18(41-6)30-5-26-9-16(30)27-20(22)28-17(9)34/h3-7,10-13,18-19,31-33H,1-2H2,(H,37,38)(H2,21,23,24)(H3,22,27,28,34)/t6-,7-,10-,11-,12-,13-,18-,19-/m1/s1. The molecule has 9 atom stereocenters. The van der Waals surface area contributed by atoms with Crippen LogP contribution in [-0.4, -0.2) is 109 Å². The van der Waals surface area contributed by atoms with Gasteiger partial charge in [-0.05, 0) is 0 Å². The number of aliphatic hydroxyl groups is 3. The first-order valence-corrected chi connectivity index (χ1v) is 15.4. The number of nitrogens with zero attached hydrogens (tertiary/aromatic N) is 7. The molecule has 1 unspecified atom stereocenters. The van der Waals surface area contributed by atoms with Crippen molar-refractivity contribution in [2.75, 3.05) is 24.7 Å². The van der Waals surface area contributed by atoms with E-state index in [2.05, 4.69) is 34.4 Å². The SMILES string of the molecule is Nc1nc2c(ncn2[C@@H]2O[C@H](COP(=O)(O)O[C@H]3[C@@H](O)[C@H](n4cnc5c(N)ncnc54)O[C@@H]3COP(=O)=O)[C@@H](O)[C@H]2O)c(=O)[nH]1. The van der Waals surface area contributed by atoms with Crippen LogP contribution in [0.2, 0.25) is 0 Å². The van der Waals surface area contributed by atoms with Gasteiger partial charge in [0.15, 0.2) is 35.1 Å². The molecule has 0 radical (unpaired) electrons. The highest BCUT2D eigenvalue weighted by molar-refractivity contribution is 7.47. The summed E-state index contributed by atoms with van der Waals surface area (Å²) in [5.74, 6) is -0.222. The zero-order valence-corrected chi connectivity index (χ0v) is 24.2. The summed E-state index contributed by atoms with van der Waals surface area (Å²) in [5, 5.41) is 32.2. The Morgan fingerprint density at radius 2 is 1.60 bits per heavy atom. The van der Waals surface area contributed by atoms with E-state index < -0.39 is 83.6 Å². The molecule has 45 heavy (non-hydrogen) atoms. The zero-order chi connectivity index (χ0) is 32.2. The zero-order valence-electron chi connectivity index (χ0n) is 22.4. The van der Waals surface area contributed by atoms with Crippen molar-refractivity contribution < 1.29 is 57.0 Å². The van der Waals surface area contributed by atoms with Crippen molar-refractivity contribution in [2.24, 2.45) is 0 Å². The third-order valence-corrected chi connectivity index (χ3v) is 8.38. The maximum Gasteiger partial charge on any atom is 0.472 e. The Kier molecular flexibility index (Phi) is 8.26. The second-order valence-corrected chi connectivity index (χ2v) is 11.9. The maximum atomic E-state index is 13.0. The van der Waals surface area contributed by atoms with Crippen LogP contribution >= 0.6 is 15.7 Å². The largest absolute Gasteiger partial charge is 0.472 e. The maximum absolute atomic E-state index is 13.0. The molecule has 2 aliphatic heterocycles. The molecule has 0 bridgehead atoms. The number of aromatic nitrogens is 8. The number of hydrogen-bond acceptors (Lipinski definition) is 19. The lowest BCUT2D eigenvalue weighted by Gasteiger charge is -2.23. The lowest BCUT2D eigenvalue weighted by atomic mass is 10.1. The summed E-state index contributed by atoms with van der Waals surface area (Å²) >= 11 is 0. The fraction of sp³-hybridized carbons (Fsp3) is 0.500. The number of aliphatic hydroxyl groups excluding tert-OH is 3. The van der Waals surface area contributed by atoms with E-state index in [4.69, 9.17) is 30.0 Å². The Morgan fingerprint density at radius 3 is 2.33 bits per heavy atom. The summed E-state index contributed by atoms with van der Waals surface area (Å²) in [4.78, 5) is 44.7. The summed E-state index contributed by atoms with van der Waals surface area (Å²) in [6.07, 6.45) is -8.89. The fourth-order valence-corrected chi connectivity index (χ4v) is 6.22. The average molecular weight is 674 g/mol. The molecule has 0 aliphatic carbocycles. The number of nitrogens with two attached hydrogens (primary N) is 2. The molecule has 4 aromatic heterocycles. The third kappa shape index (κ3) is 5.87. The number of phosphoric ester groups is 1. The molecular formula is C20H24N10O13P2. The van der Waals surface area contributed by atoms with Gasteiger partial charge >= 0.3 is 15.7 Å². The highest BCUT2D eigenvalue weighted by atomic mass is 31.2. The highest BCUT2D eigenvalue weighted by Gasteiger charge is 2.51. The van der Waals surface area contributed by atoms with E-state index in [0.717, 1.165) is 17.2 Å². The third-order valence-electron chi connectivity index (χ3n) is 7.03. The van der Waals surface area contributed by atoms with Gasteiger partial charge in [-0.15, -0.1) is 0 Å². The smallest absolute Gasteiger partial charge is 0.387 e. The predicted octanol–water partition coefficient (Wildman–Crippen LogP) is -2.39. The van der Waals surface area contributed by atoms with Crippen molar-refractivity contribution in [2.45, 2.75) is 49.1 Å². The summed E-state index contributed by atoms with van der Waals surface area (Å²) < 4.78 is 63.6. The van der Waals surface area contributed by atoms with Crippen LogP contribution in [0, 0.1) is 0 Å². The van der Waals surface area contributed by atoms with Crippen LogP contribution in [0.15, 0.2) is 23.8 Å². The lowest BCUT2D eigenvalue weighted by Crippen LogP contribution is -2.36. The number of fused-ring (bicyclic) bond motifs is 2. The molecule has 6 rings (SSSR count). The average Bonchev–Trinajstić information content (AvgIpc) is 3.73. The van der Waals surface area contributed by atoms with E-state index in [1.54, 1.807) is 0 Å². The summed E-state index contributed by atoms with van der Waals surface area (Å²) in [6, 6.07) is 0. The van der Waals surface area contributed by atoms with Gasteiger partial charge in [0.05, 0.1) is 25.9 Å². The molecule has 0 amide bonds. The Bertz CT molecular complexity index is 1910. The first-order valence-electron chi connectivity index (χ1n) is 12.8. The van der Waals surface area contributed by atoms with E-state index in [0.29, 0.717) is 0 Å². The van der Waals surface area contributed by atoms with Crippen molar-refractivity contribution in [3.63, 3.8) is 0 Å². The van der Waals surface area contributed by atoms with Gasteiger partial charge < -0.3 is 41.2 Å². The number of nitrogens with one attached hydrogen (secondary N) is 1. The number of imidazole rings is 2. The monoisotopic (exact) mass is 674 g/mol. The van der Waals surface area contributed by atoms with Crippen LogP contribution in [0.5, 0.6) is 0 Å². The van der Waals surface area contributed by atoms with Gasteiger partial charge in [0.2, 0.25) is 5.95 Å². The van der Waals surface area contributed by atoms with Crippen molar-refractivity contribution in [1.29, 1.82) is 0 Å². The topological polar surface area (TPSA) is 337 Å². The molecule has 0 spiro atoms. The van der Waals surface area contributed by atoms with Gasteiger partial charge in [0.1, 0.15) is 48.5 Å². The fourth-order valence-electron chi connectivity index (χ4n) is 4.98. The van der Waals surface area contributed by atoms with Gasteiger partial charge in [-0.2, -0.15) is 4.98 Å². The molecule has 2 fully saturated rings. The summed E-state index contributed by atoms with van der Waals surface area (Å²) in [7, 11) is -8.51. The van der Waals surface area contributed by atoms with Gasteiger partial charge in [-0.25, -0.2) is 33.6 Å². The Morgan fingerprint density at radius 1 is 0.933 bits per heavy atom. The minimum atomic E-state index is -5.14. The molecule has 0 saturated carbocycles. The van der Waals surface area contributed by atoms with Gasteiger partial charge in [-0.3, -0.25) is 32.5 Å². The van der Waals surface area contributed by atoms with Crippen molar-refractivity contribution >= 4 is 49.8 Å². The van der Waals surface area contributed by atoms with Crippen LogP contribution in [0.1, 0.15) is 12.5 Å². The molecular weight excluding hydrogens is 650 g/mol. The number of anilines is 2. The van der Waals surface area contributed by atoms with Gasteiger partial charge in [-0.1, -0.05) is 0 Å². The van der Waals surface area contributed by atoms with E-state index in [-0.39, 0.29) is 34.1 Å². The van der Waals surface area contributed by atoms with Crippen molar-refractivity contribution in [1.82, 2.24) is 39.0 Å². The highest BCUT2D eigenvalue weighted by Crippen LogP contribution is 2.49. The van der Waals surface area contributed by atoms with E-state index in [1.807, 2.05) is 0 Å². The molecule has 2 saturated heterocycles. The molecule has 242 valence electrons. The van der Waals surface area contributed by atoms with Crippen LogP contribution in [-0.2, 0) is 36.7 Å². The van der Waals surface area contributed by atoms with Gasteiger partial charge in [0, 0.05) is 0 Å². The number of rotatable bonds is 10. The van der Waals surface area contributed by atoms with E-state index in [1.165, 1.54) is 10.9 Å². The number of nitrogen functional groups attached to an aromatic ring is 2. The van der Waals surface area contributed by atoms with Crippen LogP contribution in [0.3, 0.4) is 0 Å². The minimum absolute atomic E-state index is 0.0227. The molecule has 4 aromatic rings.